The fourth-order valence-electron chi connectivity index (χ4n) is 2.44. The smallest absolute Gasteiger partial charge is 0.257 e. The van der Waals surface area contributed by atoms with Crippen molar-refractivity contribution in [3.8, 4) is 11.5 Å². The molecule has 5 nitrogen and oxygen atoms in total. The summed E-state index contributed by atoms with van der Waals surface area (Å²) in [7, 11) is 2.06. The van der Waals surface area contributed by atoms with Gasteiger partial charge in [-0.05, 0) is 31.7 Å². The predicted octanol–water partition coefficient (Wildman–Crippen LogP) is 1.26. The number of benzene rings is 1. The molecule has 1 aliphatic heterocycles. The van der Waals surface area contributed by atoms with Gasteiger partial charge in [0.05, 0.1) is 5.56 Å². The molecule has 1 atom stereocenters. The Bertz CT molecular complexity index is 476. The van der Waals surface area contributed by atoms with Crippen molar-refractivity contribution >= 4 is 5.91 Å². The van der Waals surface area contributed by atoms with Gasteiger partial charge < -0.3 is 15.1 Å². The maximum absolute atomic E-state index is 12.4. The van der Waals surface area contributed by atoms with Crippen molar-refractivity contribution in [3.05, 3.63) is 23.8 Å². The van der Waals surface area contributed by atoms with Crippen LogP contribution in [0.5, 0.6) is 11.5 Å². The first-order chi connectivity index (χ1) is 9.02. The van der Waals surface area contributed by atoms with Gasteiger partial charge in [-0.2, -0.15) is 0 Å². The molecular formula is C14H20N2O3. The number of nitrogens with zero attached hydrogens (tertiary/aromatic N) is 2. The van der Waals surface area contributed by atoms with Gasteiger partial charge >= 0.3 is 0 Å². The molecular weight excluding hydrogens is 244 g/mol. The van der Waals surface area contributed by atoms with E-state index in [0.29, 0.717) is 19.1 Å². The van der Waals surface area contributed by atoms with Crippen molar-refractivity contribution in [3.63, 3.8) is 0 Å². The van der Waals surface area contributed by atoms with E-state index in [1.54, 1.807) is 4.90 Å². The Labute approximate surface area is 113 Å². The quantitative estimate of drug-likeness (QED) is 0.789. The molecule has 2 rings (SSSR count). The number of hydrogen-bond donors (Lipinski definition) is 2. The zero-order valence-electron chi connectivity index (χ0n) is 11.3. The largest absolute Gasteiger partial charge is 0.508 e. The highest BCUT2D eigenvalue weighted by molar-refractivity contribution is 5.97. The minimum absolute atomic E-state index is 0.0117. The van der Waals surface area contributed by atoms with Gasteiger partial charge in [0, 0.05) is 25.7 Å². The molecule has 0 spiro atoms. The second-order valence-corrected chi connectivity index (χ2v) is 5.00. The Balaban J connectivity index is 2.18. The van der Waals surface area contributed by atoms with Crippen LogP contribution in [0.15, 0.2) is 18.2 Å². The third-order valence-electron chi connectivity index (χ3n) is 3.75. The monoisotopic (exact) mass is 264 g/mol. The van der Waals surface area contributed by atoms with E-state index in [1.165, 1.54) is 18.2 Å². The summed E-state index contributed by atoms with van der Waals surface area (Å²) in [4.78, 5) is 16.4. The van der Waals surface area contributed by atoms with Crippen LogP contribution in [0.1, 0.15) is 23.7 Å². The number of aromatic hydroxyl groups is 2. The summed E-state index contributed by atoms with van der Waals surface area (Å²) in [5, 5.41) is 19.2. The summed E-state index contributed by atoms with van der Waals surface area (Å²) in [6.45, 7) is 4.21. The van der Waals surface area contributed by atoms with Crippen molar-refractivity contribution in [1.82, 2.24) is 9.80 Å². The highest BCUT2D eigenvalue weighted by Gasteiger charge is 2.28. The van der Waals surface area contributed by atoms with Gasteiger partial charge in [-0.25, -0.2) is 0 Å². The Kier molecular flexibility index (Phi) is 3.95. The van der Waals surface area contributed by atoms with Crippen LogP contribution in [0.25, 0.3) is 0 Å². The minimum atomic E-state index is -0.222. The number of hydrogen-bond acceptors (Lipinski definition) is 4. The van der Waals surface area contributed by atoms with Crippen molar-refractivity contribution in [2.75, 3.05) is 26.7 Å². The molecule has 1 aromatic carbocycles. The molecule has 104 valence electrons. The predicted molar refractivity (Wildman–Crippen MR) is 72.4 cm³/mol. The average molecular weight is 264 g/mol. The number of rotatable bonds is 2. The fraction of sp³-hybridized carbons (Fsp3) is 0.500. The van der Waals surface area contributed by atoms with Gasteiger partial charge in [0.15, 0.2) is 0 Å². The van der Waals surface area contributed by atoms with E-state index in [2.05, 4.69) is 18.9 Å². The van der Waals surface area contributed by atoms with Crippen molar-refractivity contribution in [2.24, 2.45) is 0 Å². The number of carbonyl (C=O) groups excluding carboxylic acids is 1. The summed E-state index contributed by atoms with van der Waals surface area (Å²) in [6, 6.07) is 4.37. The molecule has 0 radical (unpaired) electrons. The van der Waals surface area contributed by atoms with E-state index >= 15 is 0 Å². The number of likely N-dealkylation sites (N-methyl/N-ethyl adjacent to an activating group) is 1. The van der Waals surface area contributed by atoms with Crippen LogP contribution in [-0.4, -0.2) is 58.6 Å². The summed E-state index contributed by atoms with van der Waals surface area (Å²) in [6.07, 6.45) is 0.978. The van der Waals surface area contributed by atoms with Gasteiger partial charge in [0.25, 0.3) is 5.91 Å². The Morgan fingerprint density at radius 3 is 2.79 bits per heavy atom. The molecule has 5 heteroatoms. The van der Waals surface area contributed by atoms with Gasteiger partial charge in [-0.3, -0.25) is 9.69 Å². The molecule has 0 aromatic heterocycles. The van der Waals surface area contributed by atoms with E-state index < -0.39 is 0 Å². The molecule has 1 aliphatic rings. The van der Waals surface area contributed by atoms with E-state index in [9.17, 15) is 15.0 Å². The van der Waals surface area contributed by atoms with E-state index in [-0.39, 0.29) is 23.0 Å². The van der Waals surface area contributed by atoms with Gasteiger partial charge in [-0.15, -0.1) is 0 Å². The summed E-state index contributed by atoms with van der Waals surface area (Å²) >= 11 is 0. The topological polar surface area (TPSA) is 64.0 Å². The molecule has 0 aliphatic carbocycles. The second kappa shape index (κ2) is 5.48. The fourth-order valence-corrected chi connectivity index (χ4v) is 2.44. The maximum Gasteiger partial charge on any atom is 0.257 e. The Morgan fingerprint density at radius 1 is 1.37 bits per heavy atom. The lowest BCUT2D eigenvalue weighted by Crippen LogP contribution is -2.52. The summed E-state index contributed by atoms with van der Waals surface area (Å²) < 4.78 is 0. The number of phenolic OH excluding ortho intramolecular Hbond substituents is 2. The number of amides is 1. The lowest BCUT2D eigenvalue weighted by molar-refractivity contribution is 0.0539. The van der Waals surface area contributed by atoms with Crippen LogP contribution in [0.3, 0.4) is 0 Å². The zero-order chi connectivity index (χ0) is 14.0. The van der Waals surface area contributed by atoms with Crippen LogP contribution in [0, 0.1) is 0 Å². The van der Waals surface area contributed by atoms with Crippen LogP contribution in [0.4, 0.5) is 0 Å². The van der Waals surface area contributed by atoms with Crippen LogP contribution in [-0.2, 0) is 0 Å². The zero-order valence-corrected chi connectivity index (χ0v) is 11.3. The molecule has 0 saturated carbocycles. The molecule has 0 bridgehead atoms. The van der Waals surface area contributed by atoms with Gasteiger partial charge in [0.1, 0.15) is 11.5 Å². The molecule has 1 amide bonds. The third kappa shape index (κ3) is 2.81. The van der Waals surface area contributed by atoms with Crippen molar-refractivity contribution < 1.29 is 15.0 Å². The third-order valence-corrected chi connectivity index (χ3v) is 3.75. The highest BCUT2D eigenvalue weighted by atomic mass is 16.3. The number of carbonyl (C=O) groups is 1. The lowest BCUT2D eigenvalue weighted by atomic mass is 10.1. The molecule has 1 saturated heterocycles. The van der Waals surface area contributed by atoms with Crippen LogP contribution >= 0.6 is 0 Å². The van der Waals surface area contributed by atoms with Crippen LogP contribution < -0.4 is 0 Å². The normalized spacial score (nSPS) is 20.5. The van der Waals surface area contributed by atoms with Crippen LogP contribution in [0.2, 0.25) is 0 Å². The van der Waals surface area contributed by atoms with Gasteiger partial charge in [-0.1, -0.05) is 6.92 Å². The summed E-state index contributed by atoms with van der Waals surface area (Å²) in [5.74, 6) is -0.322. The lowest BCUT2D eigenvalue weighted by Gasteiger charge is -2.39. The first-order valence-electron chi connectivity index (χ1n) is 6.54. The Morgan fingerprint density at radius 2 is 2.11 bits per heavy atom. The average Bonchev–Trinajstić information content (AvgIpc) is 2.41. The van der Waals surface area contributed by atoms with E-state index in [1.807, 2.05) is 0 Å². The van der Waals surface area contributed by atoms with Crippen molar-refractivity contribution in [2.45, 2.75) is 19.4 Å². The minimum Gasteiger partial charge on any atom is -0.508 e. The molecule has 1 aromatic rings. The molecule has 1 heterocycles. The van der Waals surface area contributed by atoms with E-state index in [0.717, 1.165) is 13.0 Å². The standard InChI is InChI=1S/C14H20N2O3/c1-3-10-9-16(7-6-15(10)2)14(19)12-8-11(17)4-5-13(12)18/h4-5,8,10,17-18H,3,6-7,9H2,1-2H3. The molecule has 1 unspecified atom stereocenters. The first-order valence-corrected chi connectivity index (χ1v) is 6.54. The molecule has 2 N–H and O–H groups in total. The number of piperazine rings is 1. The maximum atomic E-state index is 12.4. The highest BCUT2D eigenvalue weighted by Crippen LogP contribution is 2.24. The SMILES string of the molecule is CCC1CN(C(=O)c2cc(O)ccc2O)CCN1C. The number of phenols is 2. The summed E-state index contributed by atoms with van der Waals surface area (Å²) in [5.41, 5.74) is 0.166. The van der Waals surface area contributed by atoms with E-state index in [4.69, 9.17) is 0 Å². The van der Waals surface area contributed by atoms with Gasteiger partial charge in [0.2, 0.25) is 0 Å². The van der Waals surface area contributed by atoms with Crippen molar-refractivity contribution in [1.29, 1.82) is 0 Å². The Hall–Kier alpha value is -1.75. The molecule has 19 heavy (non-hydrogen) atoms. The first kappa shape index (κ1) is 13.7. The molecule has 1 fully saturated rings. The second-order valence-electron chi connectivity index (χ2n) is 5.00.